The summed E-state index contributed by atoms with van der Waals surface area (Å²) in [6, 6.07) is 8.65. The molecule has 0 saturated heterocycles. The second-order valence-corrected chi connectivity index (χ2v) is 7.05. The van der Waals surface area contributed by atoms with Gasteiger partial charge in [-0.05, 0) is 44.0 Å². The molecule has 6 heteroatoms. The van der Waals surface area contributed by atoms with Crippen LogP contribution in [0.2, 0.25) is 0 Å². The molecule has 2 aromatic rings. The fourth-order valence-electron chi connectivity index (χ4n) is 2.36. The van der Waals surface area contributed by atoms with Crippen LogP contribution in [0.1, 0.15) is 16.7 Å². The lowest BCUT2D eigenvalue weighted by Crippen LogP contribution is -2.15. The van der Waals surface area contributed by atoms with E-state index in [0.717, 1.165) is 16.7 Å². The molecule has 0 atom stereocenters. The molecule has 0 aromatic heterocycles. The Morgan fingerprint density at radius 3 is 2.09 bits per heavy atom. The molecule has 0 spiro atoms. The number of ether oxygens (including phenoxy) is 2. The first-order valence-corrected chi connectivity index (χ1v) is 8.59. The van der Waals surface area contributed by atoms with Crippen LogP contribution in [0.25, 0.3) is 0 Å². The van der Waals surface area contributed by atoms with Crippen LogP contribution in [-0.2, 0) is 10.0 Å². The van der Waals surface area contributed by atoms with E-state index in [-0.39, 0.29) is 10.6 Å². The molecule has 0 fully saturated rings. The summed E-state index contributed by atoms with van der Waals surface area (Å²) < 4.78 is 38.6. The van der Waals surface area contributed by atoms with Gasteiger partial charge in [-0.1, -0.05) is 17.7 Å². The third kappa shape index (κ3) is 3.59. The van der Waals surface area contributed by atoms with Crippen LogP contribution in [0.5, 0.6) is 11.5 Å². The molecular formula is C17H21NO4S. The van der Waals surface area contributed by atoms with Crippen molar-refractivity contribution in [3.05, 3.63) is 47.0 Å². The van der Waals surface area contributed by atoms with Crippen molar-refractivity contribution in [1.29, 1.82) is 0 Å². The maximum absolute atomic E-state index is 12.8. The second-order valence-electron chi connectivity index (χ2n) is 5.40. The lowest BCUT2D eigenvalue weighted by atomic mass is 10.1. The van der Waals surface area contributed by atoms with Gasteiger partial charge in [0.15, 0.2) is 0 Å². The summed E-state index contributed by atoms with van der Waals surface area (Å²) in [6.45, 7) is 5.65. The van der Waals surface area contributed by atoms with Crippen LogP contribution >= 0.6 is 0 Å². The molecule has 0 aliphatic rings. The molecule has 0 radical (unpaired) electrons. The first-order chi connectivity index (χ1) is 10.8. The fraction of sp³-hybridized carbons (Fsp3) is 0.294. The molecule has 1 N–H and O–H groups in total. The zero-order valence-electron chi connectivity index (χ0n) is 13.9. The van der Waals surface area contributed by atoms with E-state index in [1.54, 1.807) is 12.1 Å². The predicted octanol–water partition coefficient (Wildman–Crippen LogP) is 3.43. The lowest BCUT2D eigenvalue weighted by molar-refractivity contribution is 0.390. The molecule has 0 bridgehead atoms. The number of sulfonamides is 1. The monoisotopic (exact) mass is 335 g/mol. The van der Waals surface area contributed by atoms with Gasteiger partial charge in [0.25, 0.3) is 10.0 Å². The quantitative estimate of drug-likeness (QED) is 0.909. The van der Waals surface area contributed by atoms with Gasteiger partial charge in [0.05, 0.1) is 19.9 Å². The zero-order chi connectivity index (χ0) is 17.2. The minimum Gasteiger partial charge on any atom is -0.496 e. The molecule has 5 nitrogen and oxygen atoms in total. The molecule has 23 heavy (non-hydrogen) atoms. The average molecular weight is 335 g/mol. The smallest absolute Gasteiger partial charge is 0.265 e. The number of benzene rings is 2. The average Bonchev–Trinajstić information content (AvgIpc) is 2.49. The number of rotatable bonds is 5. The van der Waals surface area contributed by atoms with Gasteiger partial charge >= 0.3 is 0 Å². The number of hydrogen-bond donors (Lipinski definition) is 1. The molecule has 0 amide bonds. The number of methoxy groups -OCH3 is 2. The van der Waals surface area contributed by atoms with Crippen molar-refractivity contribution in [3.63, 3.8) is 0 Å². The van der Waals surface area contributed by atoms with Crippen LogP contribution in [-0.4, -0.2) is 22.6 Å². The number of anilines is 1. The van der Waals surface area contributed by atoms with Crippen LogP contribution in [0.4, 0.5) is 5.69 Å². The van der Waals surface area contributed by atoms with E-state index in [4.69, 9.17) is 9.47 Å². The van der Waals surface area contributed by atoms with Crippen molar-refractivity contribution in [2.75, 3.05) is 18.9 Å². The molecule has 124 valence electrons. The molecule has 0 unspecified atom stereocenters. The molecule has 0 heterocycles. The summed E-state index contributed by atoms with van der Waals surface area (Å²) in [5.41, 5.74) is 3.26. The van der Waals surface area contributed by atoms with Crippen LogP contribution in [0, 0.1) is 20.8 Å². The van der Waals surface area contributed by atoms with E-state index < -0.39 is 10.0 Å². The van der Waals surface area contributed by atoms with Gasteiger partial charge in [0, 0.05) is 6.07 Å². The van der Waals surface area contributed by atoms with Gasteiger partial charge in [-0.3, -0.25) is 4.72 Å². The van der Waals surface area contributed by atoms with E-state index in [0.29, 0.717) is 11.4 Å². The van der Waals surface area contributed by atoms with Crippen LogP contribution in [0.3, 0.4) is 0 Å². The first-order valence-electron chi connectivity index (χ1n) is 7.11. The first kappa shape index (κ1) is 17.1. The van der Waals surface area contributed by atoms with Crippen molar-refractivity contribution in [3.8, 4) is 11.5 Å². The summed E-state index contributed by atoms with van der Waals surface area (Å²) in [4.78, 5) is 0.0439. The molecule has 2 aromatic carbocycles. The highest BCUT2D eigenvalue weighted by Gasteiger charge is 2.22. The van der Waals surface area contributed by atoms with E-state index in [9.17, 15) is 8.42 Å². The Morgan fingerprint density at radius 1 is 0.870 bits per heavy atom. The summed E-state index contributed by atoms with van der Waals surface area (Å²) in [5.74, 6) is 0.771. The van der Waals surface area contributed by atoms with Gasteiger partial charge < -0.3 is 9.47 Å². The fourth-order valence-corrected chi connectivity index (χ4v) is 3.66. The van der Waals surface area contributed by atoms with Gasteiger partial charge in [-0.15, -0.1) is 0 Å². The zero-order valence-corrected chi connectivity index (χ0v) is 14.7. The molecule has 0 saturated carbocycles. The summed E-state index contributed by atoms with van der Waals surface area (Å²) >= 11 is 0. The minimum absolute atomic E-state index is 0.0439. The van der Waals surface area contributed by atoms with Gasteiger partial charge in [0.2, 0.25) is 0 Å². The van der Waals surface area contributed by atoms with Crippen LogP contribution < -0.4 is 14.2 Å². The lowest BCUT2D eigenvalue weighted by Gasteiger charge is -2.15. The Bertz CT molecular complexity index is 829. The van der Waals surface area contributed by atoms with E-state index in [1.807, 2.05) is 32.9 Å². The van der Waals surface area contributed by atoms with Crippen molar-refractivity contribution < 1.29 is 17.9 Å². The van der Waals surface area contributed by atoms with E-state index >= 15 is 0 Å². The summed E-state index contributed by atoms with van der Waals surface area (Å²) in [7, 11) is -0.851. The molecule has 0 aliphatic heterocycles. The summed E-state index contributed by atoms with van der Waals surface area (Å²) in [5, 5.41) is 0. The van der Waals surface area contributed by atoms with Crippen molar-refractivity contribution in [1.82, 2.24) is 0 Å². The number of aryl methyl sites for hydroxylation is 3. The molecular weight excluding hydrogens is 314 g/mol. The van der Waals surface area contributed by atoms with Crippen molar-refractivity contribution >= 4 is 15.7 Å². The standard InChI is InChI=1S/C17H21NO4S/c1-11-6-7-14(12(2)8-11)18-23(19,20)17-10-15(21-4)13(3)9-16(17)22-5/h6-10,18H,1-5H3. The number of hydrogen-bond acceptors (Lipinski definition) is 4. The largest absolute Gasteiger partial charge is 0.496 e. The Labute approximate surface area is 137 Å². The Morgan fingerprint density at radius 2 is 1.52 bits per heavy atom. The van der Waals surface area contributed by atoms with Gasteiger partial charge in [-0.25, -0.2) is 8.42 Å². The third-order valence-corrected chi connectivity index (χ3v) is 4.98. The Balaban J connectivity index is 2.50. The number of nitrogens with one attached hydrogen (secondary N) is 1. The van der Waals surface area contributed by atoms with Crippen molar-refractivity contribution in [2.45, 2.75) is 25.7 Å². The highest BCUT2D eigenvalue weighted by atomic mass is 32.2. The van der Waals surface area contributed by atoms with E-state index in [1.165, 1.54) is 20.3 Å². The highest BCUT2D eigenvalue weighted by molar-refractivity contribution is 7.92. The van der Waals surface area contributed by atoms with Gasteiger partial charge in [0.1, 0.15) is 16.4 Å². The van der Waals surface area contributed by atoms with E-state index in [2.05, 4.69) is 4.72 Å². The normalized spacial score (nSPS) is 11.2. The highest BCUT2D eigenvalue weighted by Crippen LogP contribution is 2.33. The van der Waals surface area contributed by atoms with Gasteiger partial charge in [-0.2, -0.15) is 0 Å². The predicted molar refractivity (Wildman–Crippen MR) is 91.0 cm³/mol. The second kappa shape index (κ2) is 6.50. The SMILES string of the molecule is COc1cc(S(=O)(=O)Nc2ccc(C)cc2C)c(OC)cc1C. The maximum Gasteiger partial charge on any atom is 0.265 e. The topological polar surface area (TPSA) is 64.6 Å². The maximum atomic E-state index is 12.8. The Hall–Kier alpha value is -2.21. The third-order valence-electron chi connectivity index (χ3n) is 3.60. The summed E-state index contributed by atoms with van der Waals surface area (Å²) in [6.07, 6.45) is 0. The molecule has 2 rings (SSSR count). The minimum atomic E-state index is -3.80. The van der Waals surface area contributed by atoms with Crippen LogP contribution in [0.15, 0.2) is 35.2 Å². The van der Waals surface area contributed by atoms with Crippen molar-refractivity contribution in [2.24, 2.45) is 0 Å². The molecule has 0 aliphatic carbocycles. The Kier molecular flexibility index (Phi) is 4.85.